The van der Waals surface area contributed by atoms with Crippen molar-refractivity contribution < 1.29 is 9.32 Å². The third-order valence-corrected chi connectivity index (χ3v) is 6.60. The van der Waals surface area contributed by atoms with Crippen LogP contribution in [-0.4, -0.2) is 25.4 Å². The van der Waals surface area contributed by atoms with Crippen LogP contribution in [0.15, 0.2) is 50.6 Å². The van der Waals surface area contributed by atoms with Gasteiger partial charge in [-0.3, -0.25) is 13.9 Å². The van der Waals surface area contributed by atoms with Crippen LogP contribution in [-0.2, 0) is 14.1 Å². The summed E-state index contributed by atoms with van der Waals surface area (Å²) in [5.41, 5.74) is 3.35. The molecule has 0 aliphatic heterocycles. The minimum absolute atomic E-state index is 0.125. The Morgan fingerprint density at radius 1 is 1.16 bits per heavy atom. The SMILES string of the molecule is Cc1onc(-c2ccccc2Cl)c1C(=O)Nc1cc2c(cc1SC(C)C)n(C)c(=O)n2C. The van der Waals surface area contributed by atoms with Crippen molar-refractivity contribution in [3.8, 4) is 11.3 Å². The highest BCUT2D eigenvalue weighted by molar-refractivity contribution is 8.00. The predicted octanol–water partition coefficient (Wildman–Crippen LogP) is 5.25. The van der Waals surface area contributed by atoms with Crippen LogP contribution in [0.3, 0.4) is 0 Å². The van der Waals surface area contributed by atoms with Gasteiger partial charge in [0, 0.05) is 29.8 Å². The van der Waals surface area contributed by atoms with Crippen LogP contribution < -0.4 is 11.0 Å². The molecule has 4 aromatic rings. The number of hydrogen-bond donors (Lipinski definition) is 1. The van der Waals surface area contributed by atoms with Gasteiger partial charge in [-0.15, -0.1) is 11.8 Å². The Kier molecular flexibility index (Phi) is 5.92. The number of benzene rings is 2. The van der Waals surface area contributed by atoms with Crippen molar-refractivity contribution >= 4 is 46.0 Å². The fourth-order valence-electron chi connectivity index (χ4n) is 3.64. The molecule has 9 heteroatoms. The van der Waals surface area contributed by atoms with Gasteiger partial charge in [0.1, 0.15) is 17.0 Å². The van der Waals surface area contributed by atoms with Gasteiger partial charge in [-0.25, -0.2) is 4.79 Å². The van der Waals surface area contributed by atoms with Crippen molar-refractivity contribution in [3.63, 3.8) is 0 Å². The Morgan fingerprint density at radius 3 is 2.47 bits per heavy atom. The standard InChI is InChI=1S/C23H23ClN4O3S/c1-12(2)32-19-11-18-17(27(4)23(30)28(18)5)10-16(19)25-22(29)20-13(3)31-26-21(20)14-8-6-7-9-15(14)24/h6-12H,1-5H3,(H,25,29). The van der Waals surface area contributed by atoms with E-state index in [4.69, 9.17) is 16.1 Å². The van der Waals surface area contributed by atoms with E-state index in [0.29, 0.717) is 33.3 Å². The van der Waals surface area contributed by atoms with Crippen LogP contribution in [0.5, 0.6) is 0 Å². The lowest BCUT2D eigenvalue weighted by atomic mass is 10.1. The maximum atomic E-state index is 13.4. The van der Waals surface area contributed by atoms with E-state index < -0.39 is 0 Å². The Balaban J connectivity index is 1.81. The number of carbonyl (C=O) groups is 1. The van der Waals surface area contributed by atoms with E-state index in [2.05, 4.69) is 24.3 Å². The zero-order valence-electron chi connectivity index (χ0n) is 18.4. The minimum atomic E-state index is -0.357. The summed E-state index contributed by atoms with van der Waals surface area (Å²) in [6, 6.07) is 10.9. The van der Waals surface area contributed by atoms with Crippen molar-refractivity contribution in [2.75, 3.05) is 5.32 Å². The van der Waals surface area contributed by atoms with E-state index in [1.54, 1.807) is 54.0 Å². The number of amides is 1. The highest BCUT2D eigenvalue weighted by Gasteiger charge is 2.24. The Bertz CT molecular complexity index is 1400. The number of nitrogens with zero attached hydrogens (tertiary/aromatic N) is 3. The summed E-state index contributed by atoms with van der Waals surface area (Å²) in [6.07, 6.45) is 0. The number of aryl methyl sites for hydroxylation is 3. The monoisotopic (exact) mass is 470 g/mol. The molecule has 32 heavy (non-hydrogen) atoms. The van der Waals surface area contributed by atoms with E-state index in [-0.39, 0.29) is 16.8 Å². The van der Waals surface area contributed by atoms with Crippen LogP contribution in [0.2, 0.25) is 5.02 Å². The van der Waals surface area contributed by atoms with Crippen LogP contribution in [0.1, 0.15) is 30.0 Å². The number of aromatic nitrogens is 3. The van der Waals surface area contributed by atoms with Gasteiger partial charge in [0.2, 0.25) is 0 Å². The van der Waals surface area contributed by atoms with Crippen molar-refractivity contribution in [2.45, 2.75) is 30.9 Å². The largest absolute Gasteiger partial charge is 0.360 e. The molecule has 0 aliphatic carbocycles. The second-order valence-electron chi connectivity index (χ2n) is 7.80. The smallest absolute Gasteiger partial charge is 0.328 e. The highest BCUT2D eigenvalue weighted by atomic mass is 35.5. The molecule has 0 unspecified atom stereocenters. The number of rotatable bonds is 5. The van der Waals surface area contributed by atoms with Crippen LogP contribution >= 0.6 is 23.4 Å². The molecule has 0 saturated carbocycles. The molecule has 4 rings (SSSR count). The van der Waals surface area contributed by atoms with Crippen LogP contribution in [0.4, 0.5) is 5.69 Å². The number of carbonyl (C=O) groups excluding carboxylic acids is 1. The van der Waals surface area contributed by atoms with Crippen molar-refractivity contribution in [1.82, 2.24) is 14.3 Å². The lowest BCUT2D eigenvalue weighted by molar-refractivity contribution is 0.102. The number of hydrogen-bond acceptors (Lipinski definition) is 5. The molecule has 166 valence electrons. The predicted molar refractivity (Wildman–Crippen MR) is 129 cm³/mol. The molecule has 1 N–H and O–H groups in total. The summed E-state index contributed by atoms with van der Waals surface area (Å²) in [4.78, 5) is 26.7. The van der Waals surface area contributed by atoms with E-state index in [9.17, 15) is 9.59 Å². The average Bonchev–Trinajstić information content (AvgIpc) is 3.22. The normalized spacial score (nSPS) is 11.5. The zero-order valence-corrected chi connectivity index (χ0v) is 20.0. The highest BCUT2D eigenvalue weighted by Crippen LogP contribution is 2.36. The first-order chi connectivity index (χ1) is 15.2. The fourth-order valence-corrected chi connectivity index (χ4v) is 4.79. The molecule has 0 aliphatic rings. The van der Waals surface area contributed by atoms with E-state index in [1.165, 1.54) is 0 Å². The van der Waals surface area contributed by atoms with Crippen molar-refractivity contribution in [2.24, 2.45) is 14.1 Å². The number of anilines is 1. The molecular weight excluding hydrogens is 448 g/mol. The number of nitrogens with one attached hydrogen (secondary N) is 1. The Hall–Kier alpha value is -2.97. The second kappa shape index (κ2) is 8.52. The van der Waals surface area contributed by atoms with Gasteiger partial charge in [-0.1, -0.05) is 48.8 Å². The summed E-state index contributed by atoms with van der Waals surface area (Å²) < 4.78 is 8.51. The first-order valence-electron chi connectivity index (χ1n) is 10.1. The molecule has 0 saturated heterocycles. The van der Waals surface area contributed by atoms with E-state index in [0.717, 1.165) is 15.9 Å². The molecule has 2 heterocycles. The summed E-state index contributed by atoms with van der Waals surface area (Å²) in [5, 5.41) is 7.85. The quantitative estimate of drug-likeness (QED) is 0.403. The van der Waals surface area contributed by atoms with Crippen molar-refractivity contribution in [1.29, 1.82) is 0 Å². The van der Waals surface area contributed by atoms with Gasteiger partial charge in [-0.2, -0.15) is 0 Å². The van der Waals surface area contributed by atoms with Gasteiger partial charge >= 0.3 is 5.69 Å². The van der Waals surface area contributed by atoms with Gasteiger partial charge in [-0.05, 0) is 25.1 Å². The third-order valence-electron chi connectivity index (χ3n) is 5.20. The van der Waals surface area contributed by atoms with Gasteiger partial charge in [0.25, 0.3) is 5.91 Å². The fraction of sp³-hybridized carbons (Fsp3) is 0.261. The summed E-state index contributed by atoms with van der Waals surface area (Å²) >= 11 is 7.95. The second-order valence-corrected chi connectivity index (χ2v) is 9.83. The number of imidazole rings is 1. The number of halogens is 1. The molecule has 0 bridgehead atoms. The van der Waals surface area contributed by atoms with Crippen molar-refractivity contribution in [3.05, 3.63) is 63.2 Å². The lowest BCUT2D eigenvalue weighted by Crippen LogP contribution is -2.19. The molecule has 0 atom stereocenters. The molecule has 2 aromatic heterocycles. The molecule has 7 nitrogen and oxygen atoms in total. The van der Waals surface area contributed by atoms with Crippen LogP contribution in [0, 0.1) is 6.92 Å². The molecule has 0 fully saturated rings. The first kappa shape index (κ1) is 22.2. The molecule has 0 radical (unpaired) electrons. The summed E-state index contributed by atoms with van der Waals surface area (Å²) in [6.45, 7) is 5.84. The van der Waals surface area contributed by atoms with E-state index in [1.807, 2.05) is 24.3 Å². The first-order valence-corrected chi connectivity index (χ1v) is 11.3. The Labute approximate surface area is 194 Å². The zero-order chi connectivity index (χ0) is 23.2. The molecule has 1 amide bonds. The Morgan fingerprint density at radius 2 is 1.81 bits per heavy atom. The topological polar surface area (TPSA) is 82.1 Å². The maximum Gasteiger partial charge on any atom is 0.328 e. The molecule has 0 spiro atoms. The molecule has 2 aromatic carbocycles. The number of fused-ring (bicyclic) bond motifs is 1. The summed E-state index contributed by atoms with van der Waals surface area (Å²) in [7, 11) is 3.45. The van der Waals surface area contributed by atoms with Gasteiger partial charge < -0.3 is 9.84 Å². The van der Waals surface area contributed by atoms with E-state index >= 15 is 0 Å². The van der Waals surface area contributed by atoms with Crippen LogP contribution in [0.25, 0.3) is 22.3 Å². The summed E-state index contributed by atoms with van der Waals surface area (Å²) in [5.74, 6) is 0.0354. The molecular formula is C23H23ClN4O3S. The lowest BCUT2D eigenvalue weighted by Gasteiger charge is -2.14. The third kappa shape index (κ3) is 3.84. The maximum absolute atomic E-state index is 13.4. The minimum Gasteiger partial charge on any atom is -0.360 e. The van der Waals surface area contributed by atoms with Gasteiger partial charge in [0.05, 0.1) is 21.7 Å². The number of thioether (sulfide) groups is 1. The average molecular weight is 471 g/mol. The van der Waals surface area contributed by atoms with Gasteiger partial charge in [0.15, 0.2) is 0 Å².